The van der Waals surface area contributed by atoms with E-state index >= 15 is 0 Å². The summed E-state index contributed by atoms with van der Waals surface area (Å²) in [6.45, 7) is 0.840. The van der Waals surface area contributed by atoms with Crippen molar-refractivity contribution in [2.24, 2.45) is 0 Å². The third-order valence-electron chi connectivity index (χ3n) is 0.725. The van der Waals surface area contributed by atoms with E-state index in [0.29, 0.717) is 0 Å². The van der Waals surface area contributed by atoms with Gasteiger partial charge in [-0.1, -0.05) is 0 Å². The second-order valence-corrected chi connectivity index (χ2v) is 3.23. The monoisotopic (exact) mass is 146 g/mol. The van der Waals surface area contributed by atoms with Crippen molar-refractivity contribution in [3.8, 4) is 5.97 Å². The van der Waals surface area contributed by atoms with Crippen LogP contribution in [-0.2, 0) is 13.6 Å². The van der Waals surface area contributed by atoms with Gasteiger partial charge in [-0.2, -0.15) is 0 Å². The van der Waals surface area contributed by atoms with Crippen molar-refractivity contribution in [1.29, 1.82) is 5.26 Å². The van der Waals surface area contributed by atoms with E-state index in [2.05, 4.69) is 9.05 Å². The molecule has 6 heteroatoms. The molecule has 0 aromatic rings. The van der Waals surface area contributed by atoms with Crippen LogP contribution in [-0.4, -0.2) is 21.2 Å². The van der Waals surface area contributed by atoms with Gasteiger partial charge in [0.2, 0.25) is 0 Å². The van der Waals surface area contributed by atoms with Gasteiger partial charge < -0.3 is 9.05 Å². The highest BCUT2D eigenvalue weighted by atomic mass is 31.2. The molecular weight excluding hydrogens is 140 g/mol. The lowest BCUT2D eigenvalue weighted by Crippen LogP contribution is -1.94. The summed E-state index contributed by atoms with van der Waals surface area (Å²) >= 11 is 0. The van der Waals surface area contributed by atoms with Gasteiger partial charge >= 0.3 is 7.00 Å². The van der Waals surface area contributed by atoms with Crippen molar-refractivity contribution in [2.75, 3.05) is 14.2 Å². The summed E-state index contributed by atoms with van der Waals surface area (Å²) in [7, 11) is -0.727. The first kappa shape index (κ1) is 8.70. The molecule has 0 amide bonds. The lowest BCUT2D eigenvalue weighted by Gasteiger charge is -2.07. The normalized spacial score (nSPS) is 10.3. The first-order valence-corrected chi connectivity index (χ1v) is 3.75. The Labute approximate surface area is 54.5 Å². The first-order chi connectivity index (χ1) is 4.18. The zero-order chi connectivity index (χ0) is 7.33. The van der Waals surface area contributed by atoms with Gasteiger partial charge in [0.25, 0.3) is 7.47 Å². The Kier molecular flexibility index (Phi) is 3.56. The number of hydrogen-bond acceptors (Lipinski definition) is 4. The molecule has 0 heterocycles. The fourth-order valence-corrected chi connectivity index (χ4v) is 0.752. The Morgan fingerprint density at radius 3 is 2.11 bits per heavy atom. The Morgan fingerprint density at radius 1 is 1.56 bits per heavy atom. The van der Waals surface area contributed by atoms with Gasteiger partial charge in [-0.05, 0) is 0 Å². The van der Waals surface area contributed by atoms with Gasteiger partial charge in [-0.15, -0.1) is 0 Å². The second-order valence-electron chi connectivity index (χ2n) is 1.16. The van der Waals surface area contributed by atoms with Crippen molar-refractivity contribution >= 4 is 14.5 Å². The van der Waals surface area contributed by atoms with Crippen molar-refractivity contribution in [3.63, 3.8) is 0 Å². The number of rotatable bonds is 3. The largest absolute Gasteiger partial charge is 0.408 e. The van der Waals surface area contributed by atoms with Crippen LogP contribution in [0.4, 0.5) is 0 Å². The molecule has 0 saturated carbocycles. The quantitative estimate of drug-likeness (QED) is 0.431. The molecule has 0 aliphatic rings. The van der Waals surface area contributed by atoms with Crippen molar-refractivity contribution < 1.29 is 13.6 Å². The maximum atomic E-state index is 10.8. The van der Waals surface area contributed by atoms with E-state index in [4.69, 9.17) is 5.26 Å². The van der Waals surface area contributed by atoms with E-state index in [1.165, 1.54) is 14.2 Å². The molecule has 0 bridgehead atoms. The maximum absolute atomic E-state index is 10.8. The summed E-state index contributed by atoms with van der Waals surface area (Å²) in [6, 6.07) is 0. The molecule has 0 fully saturated rings. The fourth-order valence-electron chi connectivity index (χ4n) is 0.251. The minimum absolute atomic E-state index is 0.840. The third-order valence-corrected chi connectivity index (χ3v) is 2.17. The van der Waals surface area contributed by atoms with Gasteiger partial charge in [0.05, 0.1) is 0 Å². The molecule has 0 aromatic carbocycles. The maximum Gasteiger partial charge on any atom is 0.408 e. The standard InChI is InChI=1S/C3H6BNO3P/c1-7-9(6,8-2)4-3-5/h1-2H3. The summed E-state index contributed by atoms with van der Waals surface area (Å²) in [5, 5.41) is 8.03. The summed E-state index contributed by atoms with van der Waals surface area (Å²) in [6.07, 6.45) is 0. The van der Waals surface area contributed by atoms with Crippen LogP contribution in [0.15, 0.2) is 0 Å². The molecule has 0 aromatic heterocycles. The van der Waals surface area contributed by atoms with Crippen LogP contribution < -0.4 is 0 Å². The topological polar surface area (TPSA) is 59.3 Å². The zero-order valence-electron chi connectivity index (χ0n) is 5.20. The lowest BCUT2D eigenvalue weighted by atomic mass is 10.2. The van der Waals surface area contributed by atoms with Crippen LogP contribution in [0.2, 0.25) is 0 Å². The zero-order valence-corrected chi connectivity index (χ0v) is 6.09. The SMILES string of the molecule is COP(=O)([B]C#N)OC. The molecule has 49 valence electrons. The summed E-state index contributed by atoms with van der Waals surface area (Å²) in [5.74, 6) is 1.57. The Morgan fingerprint density at radius 2 is 2.00 bits per heavy atom. The van der Waals surface area contributed by atoms with Gasteiger partial charge in [0.1, 0.15) is 0 Å². The Hall–Kier alpha value is -0.295. The molecule has 0 unspecified atom stereocenters. The number of nitriles is 1. The smallest absolute Gasteiger partial charge is 0.319 e. The number of nitrogens with zero attached hydrogens (tertiary/aromatic N) is 1. The molecule has 4 nitrogen and oxygen atoms in total. The highest BCUT2D eigenvalue weighted by Crippen LogP contribution is 2.43. The summed E-state index contributed by atoms with van der Waals surface area (Å²) < 4.78 is 19.6. The predicted octanol–water partition coefficient (Wildman–Crippen LogP) is 0.573. The van der Waals surface area contributed by atoms with Crippen LogP contribution in [0.5, 0.6) is 0 Å². The fraction of sp³-hybridized carbons (Fsp3) is 0.667. The predicted molar refractivity (Wildman–Crippen MR) is 33.0 cm³/mol. The highest BCUT2D eigenvalue weighted by Gasteiger charge is 2.22. The second kappa shape index (κ2) is 3.68. The van der Waals surface area contributed by atoms with E-state index in [0.717, 1.165) is 7.00 Å². The molecule has 0 N–H and O–H groups in total. The van der Waals surface area contributed by atoms with Crippen molar-refractivity contribution in [3.05, 3.63) is 0 Å². The van der Waals surface area contributed by atoms with E-state index in [9.17, 15) is 4.57 Å². The minimum Gasteiger partial charge on any atom is -0.319 e. The third kappa shape index (κ3) is 2.66. The van der Waals surface area contributed by atoms with Gasteiger partial charge in [-0.25, -0.2) is 5.26 Å². The van der Waals surface area contributed by atoms with Crippen LogP contribution in [0, 0.1) is 11.2 Å². The highest BCUT2D eigenvalue weighted by molar-refractivity contribution is 7.84. The van der Waals surface area contributed by atoms with Crippen LogP contribution in [0.25, 0.3) is 0 Å². The molecule has 0 aliphatic carbocycles. The summed E-state index contributed by atoms with van der Waals surface area (Å²) in [5.41, 5.74) is 0. The average molecular weight is 146 g/mol. The molecule has 9 heavy (non-hydrogen) atoms. The van der Waals surface area contributed by atoms with Gasteiger partial charge in [0, 0.05) is 20.2 Å². The van der Waals surface area contributed by atoms with E-state index in [-0.39, 0.29) is 0 Å². The lowest BCUT2D eigenvalue weighted by molar-refractivity contribution is 0.293. The van der Waals surface area contributed by atoms with Crippen LogP contribution >= 0.6 is 7.47 Å². The summed E-state index contributed by atoms with van der Waals surface area (Å²) in [4.78, 5) is 0. The van der Waals surface area contributed by atoms with Gasteiger partial charge in [-0.3, -0.25) is 4.57 Å². The average Bonchev–Trinajstić information content (AvgIpc) is 1.89. The molecular formula is C3H6BNO3P. The van der Waals surface area contributed by atoms with Crippen molar-refractivity contribution in [1.82, 2.24) is 0 Å². The van der Waals surface area contributed by atoms with Crippen LogP contribution in [0.3, 0.4) is 0 Å². The van der Waals surface area contributed by atoms with E-state index < -0.39 is 7.47 Å². The molecule has 0 aliphatic heterocycles. The minimum atomic E-state index is -3.17. The molecule has 0 atom stereocenters. The number of hydrogen-bond donors (Lipinski definition) is 0. The van der Waals surface area contributed by atoms with Gasteiger partial charge in [0.15, 0.2) is 0 Å². The van der Waals surface area contributed by atoms with E-state index in [1.54, 1.807) is 5.97 Å². The van der Waals surface area contributed by atoms with Crippen molar-refractivity contribution in [2.45, 2.75) is 0 Å². The first-order valence-electron chi connectivity index (χ1n) is 2.13. The Bertz CT molecular complexity index is 157. The molecule has 1 radical (unpaired) electrons. The Balaban J connectivity index is 3.98. The van der Waals surface area contributed by atoms with Crippen LogP contribution in [0.1, 0.15) is 0 Å². The molecule has 0 rings (SSSR count). The molecule has 0 saturated heterocycles. The van der Waals surface area contributed by atoms with E-state index in [1.807, 2.05) is 0 Å². The molecule has 0 spiro atoms.